The Bertz CT molecular complexity index is 945. The maximum Gasteiger partial charge on any atom is 0.0788 e. The van der Waals surface area contributed by atoms with Gasteiger partial charge in [-0.05, 0) is 23.0 Å². The number of aromatic nitrogens is 1. The van der Waals surface area contributed by atoms with Crippen molar-refractivity contribution in [1.29, 1.82) is 0 Å². The minimum absolute atomic E-state index is 1.04. The van der Waals surface area contributed by atoms with Gasteiger partial charge in [-0.25, -0.2) is 4.98 Å². The van der Waals surface area contributed by atoms with E-state index in [9.17, 15) is 0 Å². The van der Waals surface area contributed by atoms with Crippen molar-refractivity contribution in [2.75, 3.05) is 0 Å². The standard InChI is InChI=1S/C19H14NP/c21-18-11-5-10-17-16(18)12-14-8-4-9-15(19(14)20-17)13-6-2-1-3-7-13/h1-12H,21H2. The highest BCUT2D eigenvalue weighted by Crippen LogP contribution is 2.29. The highest BCUT2D eigenvalue weighted by atomic mass is 31.0. The first-order valence-electron chi connectivity index (χ1n) is 6.96. The monoisotopic (exact) mass is 287 g/mol. The Labute approximate surface area is 125 Å². The number of pyridine rings is 1. The summed E-state index contributed by atoms with van der Waals surface area (Å²) in [6, 6.07) is 25.3. The van der Waals surface area contributed by atoms with Crippen LogP contribution in [0.15, 0.2) is 72.8 Å². The van der Waals surface area contributed by atoms with E-state index in [0.717, 1.165) is 11.0 Å². The largest absolute Gasteiger partial charge is 0.247 e. The van der Waals surface area contributed by atoms with E-state index >= 15 is 0 Å². The number of nitrogens with zero attached hydrogens (tertiary/aromatic N) is 1. The van der Waals surface area contributed by atoms with Gasteiger partial charge in [-0.15, -0.1) is 9.24 Å². The Balaban J connectivity index is 2.10. The van der Waals surface area contributed by atoms with Crippen LogP contribution in [0.4, 0.5) is 0 Å². The number of hydrogen-bond acceptors (Lipinski definition) is 1. The van der Waals surface area contributed by atoms with Crippen LogP contribution in [0.1, 0.15) is 0 Å². The second-order valence-electron chi connectivity index (χ2n) is 5.15. The first-order chi connectivity index (χ1) is 10.3. The summed E-state index contributed by atoms with van der Waals surface area (Å²) in [5.74, 6) is 0. The summed E-state index contributed by atoms with van der Waals surface area (Å²) >= 11 is 0. The van der Waals surface area contributed by atoms with E-state index in [1.54, 1.807) is 0 Å². The summed E-state index contributed by atoms with van der Waals surface area (Å²) in [5.41, 5.74) is 4.49. The molecular formula is C19H14NP. The first kappa shape index (κ1) is 12.5. The second kappa shape index (κ2) is 4.95. The number of para-hydroxylation sites is 1. The summed E-state index contributed by atoms with van der Waals surface area (Å²) in [5, 5.41) is 3.56. The average molecular weight is 287 g/mol. The Hall–Kier alpha value is -2.24. The molecule has 1 aromatic heterocycles. The molecule has 0 aliphatic carbocycles. The molecule has 4 rings (SSSR count). The SMILES string of the molecule is Pc1cccc2nc3c(-c4ccccc4)cccc3cc12. The Kier molecular flexibility index (Phi) is 2.94. The van der Waals surface area contributed by atoms with Gasteiger partial charge in [0.05, 0.1) is 11.0 Å². The van der Waals surface area contributed by atoms with Crippen LogP contribution in [0.2, 0.25) is 0 Å². The van der Waals surface area contributed by atoms with Crippen molar-refractivity contribution in [2.45, 2.75) is 0 Å². The molecule has 0 saturated carbocycles. The molecule has 0 fully saturated rings. The van der Waals surface area contributed by atoms with Gasteiger partial charge in [0.25, 0.3) is 0 Å². The van der Waals surface area contributed by atoms with Gasteiger partial charge < -0.3 is 0 Å². The van der Waals surface area contributed by atoms with Crippen LogP contribution in [0.3, 0.4) is 0 Å². The number of hydrogen-bond donors (Lipinski definition) is 0. The topological polar surface area (TPSA) is 12.9 Å². The third-order valence-corrected chi connectivity index (χ3v) is 4.30. The molecule has 0 saturated heterocycles. The van der Waals surface area contributed by atoms with E-state index in [-0.39, 0.29) is 0 Å². The van der Waals surface area contributed by atoms with E-state index in [4.69, 9.17) is 4.98 Å². The Morgan fingerprint density at radius 3 is 2.43 bits per heavy atom. The normalized spacial score (nSPS) is 11.1. The molecule has 3 aromatic carbocycles. The van der Waals surface area contributed by atoms with Gasteiger partial charge in [-0.2, -0.15) is 0 Å². The fourth-order valence-electron chi connectivity index (χ4n) is 2.75. The fourth-order valence-corrected chi connectivity index (χ4v) is 3.10. The molecule has 0 aliphatic rings. The fraction of sp³-hybridized carbons (Fsp3) is 0. The van der Waals surface area contributed by atoms with Gasteiger partial charge in [0.2, 0.25) is 0 Å². The average Bonchev–Trinajstić information content (AvgIpc) is 2.54. The van der Waals surface area contributed by atoms with Crippen LogP contribution in [-0.2, 0) is 0 Å². The highest BCUT2D eigenvalue weighted by molar-refractivity contribution is 7.28. The summed E-state index contributed by atoms with van der Waals surface area (Å²) in [7, 11) is 2.79. The number of rotatable bonds is 1. The predicted octanol–water partition coefficient (Wildman–Crippen LogP) is 4.56. The van der Waals surface area contributed by atoms with Crippen molar-refractivity contribution >= 4 is 36.4 Å². The Morgan fingerprint density at radius 1 is 0.762 bits per heavy atom. The summed E-state index contributed by atoms with van der Waals surface area (Å²) < 4.78 is 0. The third-order valence-electron chi connectivity index (χ3n) is 3.80. The molecule has 0 N–H and O–H groups in total. The molecule has 0 amide bonds. The van der Waals surface area contributed by atoms with Crippen LogP contribution in [0, 0.1) is 0 Å². The molecule has 1 heterocycles. The van der Waals surface area contributed by atoms with E-state index in [0.29, 0.717) is 0 Å². The number of benzene rings is 3. The smallest absolute Gasteiger partial charge is 0.0788 e. The van der Waals surface area contributed by atoms with Crippen LogP contribution in [0.25, 0.3) is 32.9 Å². The van der Waals surface area contributed by atoms with Crippen molar-refractivity contribution in [1.82, 2.24) is 4.98 Å². The van der Waals surface area contributed by atoms with Gasteiger partial charge >= 0.3 is 0 Å². The van der Waals surface area contributed by atoms with Crippen molar-refractivity contribution in [3.63, 3.8) is 0 Å². The lowest BCUT2D eigenvalue weighted by molar-refractivity contribution is 1.49. The van der Waals surface area contributed by atoms with E-state index < -0.39 is 0 Å². The molecule has 100 valence electrons. The molecule has 21 heavy (non-hydrogen) atoms. The minimum atomic E-state index is 1.04. The second-order valence-corrected chi connectivity index (χ2v) is 5.77. The zero-order valence-corrected chi connectivity index (χ0v) is 12.6. The molecular weight excluding hydrogens is 273 g/mol. The lowest BCUT2D eigenvalue weighted by Gasteiger charge is -2.09. The maximum absolute atomic E-state index is 4.90. The van der Waals surface area contributed by atoms with Crippen LogP contribution in [0.5, 0.6) is 0 Å². The molecule has 0 aliphatic heterocycles. The van der Waals surface area contributed by atoms with E-state index in [1.165, 1.54) is 27.2 Å². The van der Waals surface area contributed by atoms with Crippen molar-refractivity contribution in [2.24, 2.45) is 0 Å². The van der Waals surface area contributed by atoms with E-state index in [1.807, 2.05) is 6.07 Å². The molecule has 1 atom stereocenters. The maximum atomic E-state index is 4.90. The Morgan fingerprint density at radius 2 is 1.57 bits per heavy atom. The quantitative estimate of drug-likeness (QED) is 0.369. The molecule has 0 bridgehead atoms. The van der Waals surface area contributed by atoms with Crippen molar-refractivity contribution < 1.29 is 0 Å². The molecule has 4 aromatic rings. The first-order valence-corrected chi connectivity index (χ1v) is 7.54. The van der Waals surface area contributed by atoms with Gasteiger partial charge in [-0.1, -0.05) is 60.7 Å². The zero-order chi connectivity index (χ0) is 14.2. The number of fused-ring (bicyclic) bond motifs is 2. The van der Waals surface area contributed by atoms with Crippen molar-refractivity contribution in [3.05, 3.63) is 72.8 Å². The highest BCUT2D eigenvalue weighted by Gasteiger charge is 2.07. The summed E-state index contributed by atoms with van der Waals surface area (Å²) in [6.45, 7) is 0. The molecule has 2 heteroatoms. The lowest BCUT2D eigenvalue weighted by Crippen LogP contribution is -1.95. The van der Waals surface area contributed by atoms with Crippen LogP contribution >= 0.6 is 9.24 Å². The lowest BCUT2D eigenvalue weighted by atomic mass is 10.0. The van der Waals surface area contributed by atoms with Gasteiger partial charge in [0.1, 0.15) is 0 Å². The predicted molar refractivity (Wildman–Crippen MR) is 94.0 cm³/mol. The minimum Gasteiger partial charge on any atom is -0.247 e. The summed E-state index contributed by atoms with van der Waals surface area (Å²) in [4.78, 5) is 4.90. The third kappa shape index (κ3) is 2.11. The molecule has 0 spiro atoms. The molecule has 1 nitrogen and oxygen atoms in total. The summed E-state index contributed by atoms with van der Waals surface area (Å²) in [6.07, 6.45) is 0. The van der Waals surface area contributed by atoms with Gasteiger partial charge in [0, 0.05) is 16.3 Å². The molecule has 0 radical (unpaired) electrons. The van der Waals surface area contributed by atoms with Gasteiger partial charge in [-0.3, -0.25) is 0 Å². The van der Waals surface area contributed by atoms with Crippen molar-refractivity contribution in [3.8, 4) is 11.1 Å². The molecule has 1 unspecified atom stereocenters. The van der Waals surface area contributed by atoms with E-state index in [2.05, 4.69) is 76.0 Å². The zero-order valence-electron chi connectivity index (χ0n) is 11.5. The van der Waals surface area contributed by atoms with Crippen LogP contribution < -0.4 is 5.30 Å². The van der Waals surface area contributed by atoms with Gasteiger partial charge in [0.15, 0.2) is 0 Å². The van der Waals surface area contributed by atoms with Crippen LogP contribution in [-0.4, -0.2) is 4.98 Å².